The molecule has 0 fully saturated rings. The predicted molar refractivity (Wildman–Crippen MR) is 102 cm³/mol. The molecule has 0 spiro atoms. The molecule has 0 aliphatic rings. The van der Waals surface area contributed by atoms with E-state index in [1.54, 1.807) is 18.6 Å². The summed E-state index contributed by atoms with van der Waals surface area (Å²) in [6.07, 6.45) is 7.25. The number of aromatic nitrogens is 4. The summed E-state index contributed by atoms with van der Waals surface area (Å²) in [6.45, 7) is 2.54. The van der Waals surface area contributed by atoms with Crippen molar-refractivity contribution in [3.63, 3.8) is 0 Å². The van der Waals surface area contributed by atoms with Crippen molar-refractivity contribution in [3.05, 3.63) is 66.7 Å². The summed E-state index contributed by atoms with van der Waals surface area (Å²) in [5.41, 5.74) is 5.24. The third kappa shape index (κ3) is 3.02. The van der Waals surface area contributed by atoms with E-state index < -0.39 is 0 Å². The zero-order valence-corrected chi connectivity index (χ0v) is 14.4. The lowest BCUT2D eigenvalue weighted by Gasteiger charge is -2.11. The van der Waals surface area contributed by atoms with Gasteiger partial charge < -0.3 is 15.0 Å². The average Bonchev–Trinajstić information content (AvgIpc) is 3.07. The lowest BCUT2D eigenvalue weighted by atomic mass is 10.2. The van der Waals surface area contributed by atoms with Gasteiger partial charge in [-0.1, -0.05) is 17.7 Å². The average molecular weight is 345 g/mol. The number of fused-ring (bicyclic) bond motifs is 1. The molecule has 0 aliphatic carbocycles. The predicted octanol–water partition coefficient (Wildman–Crippen LogP) is 3.20. The van der Waals surface area contributed by atoms with Crippen LogP contribution in [0.1, 0.15) is 5.56 Å². The van der Waals surface area contributed by atoms with Crippen molar-refractivity contribution in [2.24, 2.45) is 0 Å². The largest absolute Gasteiger partial charge is 0.395 e. The van der Waals surface area contributed by atoms with Crippen molar-refractivity contribution < 1.29 is 5.11 Å². The molecule has 130 valence electrons. The monoisotopic (exact) mass is 345 g/mol. The normalized spacial score (nSPS) is 11.0. The van der Waals surface area contributed by atoms with Crippen LogP contribution in [0, 0.1) is 6.92 Å². The molecule has 0 saturated carbocycles. The van der Waals surface area contributed by atoms with Gasteiger partial charge in [-0.25, -0.2) is 9.97 Å². The smallest absolute Gasteiger partial charge is 0.222 e. The minimum atomic E-state index is 0.0414. The molecule has 2 N–H and O–H groups in total. The molecule has 0 aliphatic heterocycles. The molecule has 4 rings (SSSR count). The number of nitrogens with one attached hydrogen (secondary N) is 1. The topological polar surface area (TPSA) is 75.9 Å². The van der Waals surface area contributed by atoms with Crippen molar-refractivity contribution in [1.82, 2.24) is 19.5 Å². The molecule has 1 aromatic carbocycles. The van der Waals surface area contributed by atoms with E-state index in [9.17, 15) is 0 Å². The van der Waals surface area contributed by atoms with Crippen LogP contribution < -0.4 is 5.32 Å². The van der Waals surface area contributed by atoms with Crippen LogP contribution in [0.2, 0.25) is 0 Å². The molecule has 6 heteroatoms. The van der Waals surface area contributed by atoms with Crippen molar-refractivity contribution in [3.8, 4) is 16.9 Å². The summed E-state index contributed by atoms with van der Waals surface area (Å²) in [4.78, 5) is 13.0. The number of nitrogens with zero attached hydrogens (tertiary/aromatic N) is 4. The Morgan fingerprint density at radius 3 is 2.54 bits per heavy atom. The molecule has 0 bridgehead atoms. The first-order valence-electron chi connectivity index (χ1n) is 8.46. The van der Waals surface area contributed by atoms with Crippen molar-refractivity contribution in [2.45, 2.75) is 6.92 Å². The lowest BCUT2D eigenvalue weighted by molar-refractivity contribution is 0.311. The number of hydrogen-bond acceptors (Lipinski definition) is 5. The summed E-state index contributed by atoms with van der Waals surface area (Å²) in [5.74, 6) is 0.502. The number of pyridine rings is 1. The zero-order valence-electron chi connectivity index (χ0n) is 14.4. The standard InChI is InChI=1S/C20H19N5O/c1-14-2-4-17(5-3-14)25-18(10-15-6-7-21-13-19(15)25)16-11-23-20(24-12-16)22-8-9-26/h2-7,10-13,26H,8-9H2,1H3,(H,22,23,24). The number of aliphatic hydroxyl groups is 1. The Morgan fingerprint density at radius 1 is 1.04 bits per heavy atom. The zero-order chi connectivity index (χ0) is 17.9. The van der Waals surface area contributed by atoms with Gasteiger partial charge in [0.15, 0.2) is 0 Å². The SMILES string of the molecule is Cc1ccc(-n2c(-c3cnc(NCCO)nc3)cc3ccncc32)cc1. The molecule has 3 aromatic heterocycles. The molecule has 26 heavy (non-hydrogen) atoms. The van der Waals surface area contributed by atoms with Gasteiger partial charge in [0.05, 0.1) is 24.0 Å². The summed E-state index contributed by atoms with van der Waals surface area (Å²) in [7, 11) is 0. The molecular formula is C20H19N5O. The fraction of sp³-hybridized carbons (Fsp3) is 0.150. The van der Waals surface area contributed by atoms with Gasteiger partial charge in [-0.2, -0.15) is 0 Å². The van der Waals surface area contributed by atoms with Gasteiger partial charge in [0.2, 0.25) is 5.95 Å². The van der Waals surface area contributed by atoms with Crippen LogP contribution >= 0.6 is 0 Å². The van der Waals surface area contributed by atoms with Crippen molar-refractivity contribution >= 4 is 16.9 Å². The second-order valence-electron chi connectivity index (χ2n) is 6.08. The number of aliphatic hydroxyl groups excluding tert-OH is 1. The van der Waals surface area contributed by atoms with E-state index in [-0.39, 0.29) is 6.61 Å². The highest BCUT2D eigenvalue weighted by Crippen LogP contribution is 2.30. The molecule has 0 radical (unpaired) electrons. The van der Waals surface area contributed by atoms with Gasteiger partial charge in [-0.05, 0) is 31.2 Å². The fourth-order valence-electron chi connectivity index (χ4n) is 2.95. The minimum absolute atomic E-state index is 0.0414. The Bertz CT molecular complexity index is 1020. The first-order valence-corrected chi connectivity index (χ1v) is 8.46. The number of benzene rings is 1. The molecule has 0 unspecified atom stereocenters. The Morgan fingerprint density at radius 2 is 1.81 bits per heavy atom. The molecule has 4 aromatic rings. The maximum Gasteiger partial charge on any atom is 0.222 e. The molecule has 3 heterocycles. The highest BCUT2D eigenvalue weighted by Gasteiger charge is 2.13. The number of aryl methyl sites for hydroxylation is 1. The van der Waals surface area contributed by atoms with Gasteiger partial charge in [0.25, 0.3) is 0 Å². The Kier molecular flexibility index (Phi) is 4.33. The van der Waals surface area contributed by atoms with Crippen LogP contribution in [0.5, 0.6) is 0 Å². The first-order chi connectivity index (χ1) is 12.8. The van der Waals surface area contributed by atoms with Crippen LogP contribution in [0.3, 0.4) is 0 Å². The van der Waals surface area contributed by atoms with Gasteiger partial charge in [0.1, 0.15) is 0 Å². The summed E-state index contributed by atoms with van der Waals surface area (Å²) >= 11 is 0. The Hall–Kier alpha value is -3.25. The second kappa shape index (κ2) is 6.93. The van der Waals surface area contributed by atoms with Gasteiger partial charge in [0, 0.05) is 41.8 Å². The van der Waals surface area contributed by atoms with E-state index in [1.165, 1.54) is 5.56 Å². The van der Waals surface area contributed by atoms with Gasteiger partial charge >= 0.3 is 0 Å². The summed E-state index contributed by atoms with van der Waals surface area (Å²) in [6, 6.07) is 12.5. The minimum Gasteiger partial charge on any atom is -0.395 e. The van der Waals surface area contributed by atoms with Crippen molar-refractivity contribution in [2.75, 3.05) is 18.5 Å². The van der Waals surface area contributed by atoms with Crippen LogP contribution in [-0.2, 0) is 0 Å². The number of hydrogen-bond donors (Lipinski definition) is 2. The summed E-state index contributed by atoms with van der Waals surface area (Å²) < 4.78 is 2.17. The molecular weight excluding hydrogens is 326 g/mol. The number of rotatable bonds is 5. The maximum absolute atomic E-state index is 8.90. The Labute approximate surface area is 151 Å². The molecule has 0 amide bonds. The number of anilines is 1. The van der Waals surface area contributed by atoms with Crippen LogP contribution in [0.4, 0.5) is 5.95 Å². The molecule has 6 nitrogen and oxygen atoms in total. The van der Waals surface area contributed by atoms with Crippen LogP contribution in [0.25, 0.3) is 27.8 Å². The van der Waals surface area contributed by atoms with E-state index >= 15 is 0 Å². The molecule has 0 saturated heterocycles. The third-order valence-electron chi connectivity index (χ3n) is 4.24. The van der Waals surface area contributed by atoms with Gasteiger partial charge in [-0.15, -0.1) is 0 Å². The quantitative estimate of drug-likeness (QED) is 0.581. The highest BCUT2D eigenvalue weighted by atomic mass is 16.3. The first kappa shape index (κ1) is 16.2. The Balaban J connectivity index is 1.84. The maximum atomic E-state index is 8.90. The molecule has 0 atom stereocenters. The van der Waals surface area contributed by atoms with E-state index in [0.29, 0.717) is 12.5 Å². The lowest BCUT2D eigenvalue weighted by Crippen LogP contribution is -2.08. The van der Waals surface area contributed by atoms with E-state index in [4.69, 9.17) is 5.11 Å². The van der Waals surface area contributed by atoms with Crippen LogP contribution in [-0.4, -0.2) is 37.8 Å². The summed E-state index contributed by atoms with van der Waals surface area (Å²) in [5, 5.41) is 13.0. The van der Waals surface area contributed by atoms with Gasteiger partial charge in [-0.3, -0.25) is 4.98 Å². The van der Waals surface area contributed by atoms with Crippen molar-refractivity contribution in [1.29, 1.82) is 0 Å². The highest BCUT2D eigenvalue weighted by molar-refractivity contribution is 5.88. The third-order valence-corrected chi connectivity index (χ3v) is 4.24. The van der Waals surface area contributed by atoms with E-state index in [0.717, 1.165) is 27.8 Å². The fourth-order valence-corrected chi connectivity index (χ4v) is 2.95. The second-order valence-corrected chi connectivity index (χ2v) is 6.08. The van der Waals surface area contributed by atoms with Crippen LogP contribution in [0.15, 0.2) is 61.2 Å². The van der Waals surface area contributed by atoms with E-state index in [1.807, 2.05) is 12.3 Å². The van der Waals surface area contributed by atoms with E-state index in [2.05, 4.69) is 62.1 Å².